The first-order chi connectivity index (χ1) is 16.0. The number of carbonyl (C=O) groups excluding carboxylic acids is 2. The average Bonchev–Trinajstić information content (AvgIpc) is 3.03. The van der Waals surface area contributed by atoms with Crippen molar-refractivity contribution >= 4 is 17.4 Å². The second kappa shape index (κ2) is 9.79. The van der Waals surface area contributed by atoms with Crippen molar-refractivity contribution in [2.75, 3.05) is 20.3 Å². The van der Waals surface area contributed by atoms with Crippen LogP contribution < -0.4 is 9.47 Å². The van der Waals surface area contributed by atoms with Gasteiger partial charge < -0.3 is 24.6 Å². The van der Waals surface area contributed by atoms with E-state index in [1.54, 1.807) is 30.3 Å². The van der Waals surface area contributed by atoms with Gasteiger partial charge in [-0.05, 0) is 54.7 Å². The quantitative estimate of drug-likeness (QED) is 0.341. The van der Waals surface area contributed by atoms with Gasteiger partial charge in [0.05, 0.1) is 25.3 Å². The Hall–Kier alpha value is -3.48. The molecule has 1 atom stereocenters. The third-order valence-corrected chi connectivity index (χ3v) is 5.88. The molecule has 1 unspecified atom stereocenters. The molecule has 0 aromatic heterocycles. The van der Waals surface area contributed by atoms with E-state index in [9.17, 15) is 19.8 Å². The number of aromatic hydroxyl groups is 1. The third kappa shape index (κ3) is 4.60. The van der Waals surface area contributed by atoms with Gasteiger partial charge in [0.25, 0.3) is 11.7 Å². The van der Waals surface area contributed by atoms with E-state index in [1.807, 2.05) is 34.6 Å². The van der Waals surface area contributed by atoms with E-state index >= 15 is 0 Å². The van der Waals surface area contributed by atoms with Crippen molar-refractivity contribution in [3.05, 3.63) is 58.7 Å². The lowest BCUT2D eigenvalue weighted by Crippen LogP contribution is -2.30. The highest BCUT2D eigenvalue weighted by Gasteiger charge is 2.46. The number of hydrogen-bond acceptors (Lipinski definition) is 6. The van der Waals surface area contributed by atoms with Gasteiger partial charge in [-0.15, -0.1) is 0 Å². The van der Waals surface area contributed by atoms with Crippen LogP contribution in [0, 0.1) is 0 Å². The molecule has 1 heterocycles. The number of nitrogens with zero attached hydrogens (tertiary/aromatic N) is 1. The highest BCUT2D eigenvalue weighted by Crippen LogP contribution is 2.42. The molecular formula is C27H33NO6. The van der Waals surface area contributed by atoms with Gasteiger partial charge in [0, 0.05) is 17.7 Å². The lowest BCUT2D eigenvalue weighted by Gasteiger charge is -2.26. The van der Waals surface area contributed by atoms with Gasteiger partial charge in [-0.25, -0.2) is 0 Å². The van der Waals surface area contributed by atoms with Crippen LogP contribution >= 0.6 is 0 Å². The van der Waals surface area contributed by atoms with Gasteiger partial charge >= 0.3 is 0 Å². The summed E-state index contributed by atoms with van der Waals surface area (Å²) in [5.74, 6) is -0.820. The number of aliphatic hydroxyl groups is 1. The molecule has 2 aromatic carbocycles. The second-order valence-corrected chi connectivity index (χ2v) is 9.32. The fourth-order valence-corrected chi connectivity index (χ4v) is 4.28. The predicted molar refractivity (Wildman–Crippen MR) is 130 cm³/mol. The van der Waals surface area contributed by atoms with Crippen LogP contribution in [-0.4, -0.2) is 47.1 Å². The number of likely N-dealkylation sites (tertiary alicyclic amines) is 1. The molecule has 7 heteroatoms. The minimum Gasteiger partial charge on any atom is -0.507 e. The average molecular weight is 468 g/mol. The maximum Gasteiger partial charge on any atom is 0.295 e. The molecule has 7 nitrogen and oxygen atoms in total. The van der Waals surface area contributed by atoms with Crippen LogP contribution in [0.25, 0.3) is 5.76 Å². The van der Waals surface area contributed by atoms with Crippen molar-refractivity contribution in [1.29, 1.82) is 0 Å². The van der Waals surface area contributed by atoms with Crippen molar-refractivity contribution in [3.8, 4) is 17.2 Å². The Morgan fingerprint density at radius 3 is 2.29 bits per heavy atom. The highest BCUT2D eigenvalue weighted by atomic mass is 16.5. The number of ketones is 1. The minimum atomic E-state index is -0.832. The third-order valence-electron chi connectivity index (χ3n) is 5.88. The molecule has 1 saturated heterocycles. The second-order valence-electron chi connectivity index (χ2n) is 9.32. The van der Waals surface area contributed by atoms with Crippen molar-refractivity contribution in [2.24, 2.45) is 0 Å². The van der Waals surface area contributed by atoms with Crippen molar-refractivity contribution in [1.82, 2.24) is 4.90 Å². The van der Waals surface area contributed by atoms with E-state index in [2.05, 4.69) is 0 Å². The Kier molecular flexibility index (Phi) is 7.24. The standard InChI is InChI=1S/C27H33NO6/c1-7-13-28-23(16-9-12-21(33-6)19(29)15-16)22(25(31)26(28)32)24(30)17-10-11-20(34-8-2)18(14-17)27(3,4)5/h9-12,14-15,23,29-30H,7-8,13H2,1-6H3/b24-22-. The minimum absolute atomic E-state index is 0.00737. The van der Waals surface area contributed by atoms with Gasteiger partial charge in [-0.1, -0.05) is 33.8 Å². The zero-order valence-electron chi connectivity index (χ0n) is 20.6. The number of phenols is 1. The normalized spacial score (nSPS) is 17.8. The lowest BCUT2D eigenvalue weighted by atomic mass is 9.84. The molecule has 1 aliphatic heterocycles. The van der Waals surface area contributed by atoms with Gasteiger partial charge in [0.15, 0.2) is 11.5 Å². The highest BCUT2D eigenvalue weighted by molar-refractivity contribution is 6.46. The molecule has 34 heavy (non-hydrogen) atoms. The van der Waals surface area contributed by atoms with Crippen molar-refractivity contribution in [3.63, 3.8) is 0 Å². The number of ether oxygens (including phenoxy) is 2. The van der Waals surface area contributed by atoms with E-state index in [0.717, 1.165) is 5.56 Å². The van der Waals surface area contributed by atoms with E-state index in [0.29, 0.717) is 36.4 Å². The number of phenolic OH excluding ortho intramolecular Hbond substituents is 1. The van der Waals surface area contributed by atoms with E-state index in [-0.39, 0.29) is 28.2 Å². The molecule has 0 spiro atoms. The number of hydrogen-bond donors (Lipinski definition) is 2. The number of carbonyl (C=O) groups is 2. The summed E-state index contributed by atoms with van der Waals surface area (Å²) in [4.78, 5) is 27.5. The lowest BCUT2D eigenvalue weighted by molar-refractivity contribution is -0.139. The summed E-state index contributed by atoms with van der Waals surface area (Å²) in [5.41, 5.74) is 1.52. The summed E-state index contributed by atoms with van der Waals surface area (Å²) in [5, 5.41) is 21.7. The molecule has 1 aliphatic rings. The molecule has 182 valence electrons. The van der Waals surface area contributed by atoms with Crippen LogP contribution in [0.5, 0.6) is 17.2 Å². The Morgan fingerprint density at radius 2 is 1.74 bits per heavy atom. The SMILES string of the molecule is CCCN1C(=O)C(=O)/C(=C(\O)c2ccc(OCC)c(C(C)(C)C)c2)C1c1ccc(OC)c(O)c1. The molecule has 0 aliphatic carbocycles. The van der Waals surface area contributed by atoms with Crippen LogP contribution in [0.3, 0.4) is 0 Å². The first kappa shape index (κ1) is 25.1. The number of rotatable bonds is 7. The monoisotopic (exact) mass is 467 g/mol. The molecule has 2 N–H and O–H groups in total. The van der Waals surface area contributed by atoms with Gasteiger partial charge in [-0.3, -0.25) is 9.59 Å². The summed E-state index contributed by atoms with van der Waals surface area (Å²) in [6.07, 6.45) is 0.628. The van der Waals surface area contributed by atoms with Gasteiger partial charge in [0.1, 0.15) is 11.5 Å². The van der Waals surface area contributed by atoms with Gasteiger partial charge in [0.2, 0.25) is 0 Å². The topological polar surface area (TPSA) is 96.3 Å². The van der Waals surface area contributed by atoms with Crippen LogP contribution in [0.15, 0.2) is 42.0 Å². The van der Waals surface area contributed by atoms with Crippen LogP contribution in [-0.2, 0) is 15.0 Å². The van der Waals surface area contributed by atoms with Crippen molar-refractivity contribution < 1.29 is 29.3 Å². The molecular weight excluding hydrogens is 434 g/mol. The van der Waals surface area contributed by atoms with E-state index in [1.165, 1.54) is 18.1 Å². The molecule has 0 radical (unpaired) electrons. The summed E-state index contributed by atoms with van der Waals surface area (Å²) in [7, 11) is 1.44. The van der Waals surface area contributed by atoms with E-state index < -0.39 is 17.7 Å². The fraction of sp³-hybridized carbons (Fsp3) is 0.407. The number of amides is 1. The Morgan fingerprint density at radius 1 is 1.06 bits per heavy atom. The number of benzene rings is 2. The molecule has 1 amide bonds. The van der Waals surface area contributed by atoms with Crippen LogP contribution in [0.2, 0.25) is 0 Å². The largest absolute Gasteiger partial charge is 0.507 e. The maximum atomic E-state index is 13.1. The maximum absolute atomic E-state index is 13.1. The fourth-order valence-electron chi connectivity index (χ4n) is 4.28. The first-order valence-electron chi connectivity index (χ1n) is 11.5. The smallest absolute Gasteiger partial charge is 0.295 e. The summed E-state index contributed by atoms with van der Waals surface area (Å²) in [6, 6.07) is 9.15. The molecule has 2 aromatic rings. The van der Waals surface area contributed by atoms with Crippen LogP contribution in [0.4, 0.5) is 0 Å². The zero-order valence-corrected chi connectivity index (χ0v) is 20.6. The Labute approximate surface area is 200 Å². The summed E-state index contributed by atoms with van der Waals surface area (Å²) in [6.45, 7) is 10.7. The number of Topliss-reactive ketones (excluding diaryl/α,β-unsaturated/α-hetero) is 1. The van der Waals surface area contributed by atoms with Gasteiger partial charge in [-0.2, -0.15) is 0 Å². The summed E-state index contributed by atoms with van der Waals surface area (Å²) >= 11 is 0. The Bertz CT molecular complexity index is 1130. The van der Waals surface area contributed by atoms with E-state index in [4.69, 9.17) is 9.47 Å². The first-order valence-corrected chi connectivity index (χ1v) is 11.5. The van der Waals surface area contributed by atoms with Crippen LogP contribution in [0.1, 0.15) is 63.8 Å². The molecule has 3 rings (SSSR count). The number of methoxy groups -OCH3 is 1. The number of aliphatic hydroxyl groups excluding tert-OH is 1. The summed E-state index contributed by atoms with van der Waals surface area (Å²) < 4.78 is 10.9. The van der Waals surface area contributed by atoms with Crippen molar-refractivity contribution in [2.45, 2.75) is 52.5 Å². The predicted octanol–water partition coefficient (Wildman–Crippen LogP) is 4.93. The molecule has 0 saturated carbocycles. The Balaban J connectivity index is 2.23. The molecule has 0 bridgehead atoms. The zero-order chi connectivity index (χ0) is 25.2. The molecule has 1 fully saturated rings.